The van der Waals surface area contributed by atoms with Gasteiger partial charge in [-0.1, -0.05) is 6.92 Å². The molecular weight excluding hydrogens is 414 g/mol. The molecule has 1 amide bonds. The number of aromatic nitrogens is 2. The SMILES string of the molecule is CC(C)(C)OC=O.CCOC(=O)c1cc2c(NC3CN(C)CC3C)c(C(N)=O)cnn2c1. The number of nitrogens with zero attached hydrogens (tertiary/aromatic N) is 3. The first kappa shape index (κ1) is 25.1. The van der Waals surface area contributed by atoms with Gasteiger partial charge in [0.05, 0.1) is 35.1 Å². The maximum atomic E-state index is 12.0. The Balaban J connectivity index is 0.000000451. The summed E-state index contributed by atoms with van der Waals surface area (Å²) in [6.45, 7) is 12.0. The highest BCUT2D eigenvalue weighted by Crippen LogP contribution is 2.27. The van der Waals surface area contributed by atoms with Gasteiger partial charge in [0.1, 0.15) is 5.60 Å². The first-order chi connectivity index (χ1) is 15.0. The van der Waals surface area contributed by atoms with Crippen molar-refractivity contribution in [1.82, 2.24) is 14.5 Å². The van der Waals surface area contributed by atoms with Crippen molar-refractivity contribution in [2.75, 3.05) is 32.1 Å². The van der Waals surface area contributed by atoms with E-state index in [4.69, 9.17) is 10.5 Å². The van der Waals surface area contributed by atoms with Crippen LogP contribution in [0.1, 0.15) is 55.3 Å². The van der Waals surface area contributed by atoms with Crippen LogP contribution < -0.4 is 11.1 Å². The molecule has 2 unspecified atom stereocenters. The van der Waals surface area contributed by atoms with Crippen LogP contribution in [-0.4, -0.2) is 71.2 Å². The Hall–Kier alpha value is -3.14. The minimum atomic E-state index is -0.560. The molecule has 0 aliphatic carbocycles. The van der Waals surface area contributed by atoms with Gasteiger partial charge in [0.2, 0.25) is 0 Å². The lowest BCUT2D eigenvalue weighted by Gasteiger charge is -2.20. The van der Waals surface area contributed by atoms with Crippen LogP contribution in [0.25, 0.3) is 5.52 Å². The summed E-state index contributed by atoms with van der Waals surface area (Å²) >= 11 is 0. The largest absolute Gasteiger partial charge is 0.462 e. The lowest BCUT2D eigenvalue weighted by molar-refractivity contribution is -0.138. The third-order valence-corrected chi connectivity index (χ3v) is 4.94. The number of fused-ring (bicyclic) bond motifs is 1. The second kappa shape index (κ2) is 10.4. The molecule has 0 spiro atoms. The first-order valence-corrected chi connectivity index (χ1v) is 10.5. The number of amides is 1. The third kappa shape index (κ3) is 6.43. The summed E-state index contributed by atoms with van der Waals surface area (Å²) in [6, 6.07) is 1.85. The van der Waals surface area contributed by atoms with E-state index < -0.39 is 11.9 Å². The van der Waals surface area contributed by atoms with Crippen molar-refractivity contribution in [2.24, 2.45) is 11.7 Å². The zero-order valence-electron chi connectivity index (χ0n) is 19.5. The van der Waals surface area contributed by atoms with Gasteiger partial charge in [-0.15, -0.1) is 0 Å². The Morgan fingerprint density at radius 2 is 2.03 bits per heavy atom. The van der Waals surface area contributed by atoms with Crippen molar-refractivity contribution in [3.63, 3.8) is 0 Å². The number of likely N-dealkylation sites (N-methyl/N-ethyl adjacent to an activating group) is 1. The fraction of sp³-hybridized carbons (Fsp3) is 0.545. The van der Waals surface area contributed by atoms with Crippen LogP contribution in [-0.2, 0) is 14.3 Å². The van der Waals surface area contributed by atoms with Crippen molar-refractivity contribution in [3.05, 3.63) is 29.6 Å². The number of nitrogens with one attached hydrogen (secondary N) is 1. The summed E-state index contributed by atoms with van der Waals surface area (Å²) in [4.78, 5) is 35.7. The minimum Gasteiger partial charge on any atom is -0.462 e. The lowest BCUT2D eigenvalue weighted by Crippen LogP contribution is -2.29. The summed E-state index contributed by atoms with van der Waals surface area (Å²) in [6.07, 6.45) is 3.02. The van der Waals surface area contributed by atoms with E-state index in [1.165, 1.54) is 6.20 Å². The molecule has 32 heavy (non-hydrogen) atoms. The predicted octanol–water partition coefficient (Wildman–Crippen LogP) is 1.93. The molecule has 2 aromatic rings. The van der Waals surface area contributed by atoms with E-state index in [1.807, 2.05) is 20.8 Å². The zero-order chi connectivity index (χ0) is 24.1. The number of hydrogen-bond donors (Lipinski definition) is 2. The van der Waals surface area contributed by atoms with Gasteiger partial charge >= 0.3 is 5.97 Å². The van der Waals surface area contributed by atoms with Crippen molar-refractivity contribution >= 4 is 29.6 Å². The average molecular weight is 448 g/mol. The van der Waals surface area contributed by atoms with Gasteiger partial charge in [-0.25, -0.2) is 9.31 Å². The van der Waals surface area contributed by atoms with Crippen LogP contribution in [0.4, 0.5) is 5.69 Å². The van der Waals surface area contributed by atoms with E-state index in [1.54, 1.807) is 23.7 Å². The zero-order valence-corrected chi connectivity index (χ0v) is 19.5. The van der Waals surface area contributed by atoms with E-state index in [-0.39, 0.29) is 11.6 Å². The topological polar surface area (TPSA) is 128 Å². The maximum absolute atomic E-state index is 12.0. The van der Waals surface area contributed by atoms with Gasteiger partial charge in [-0.3, -0.25) is 9.59 Å². The summed E-state index contributed by atoms with van der Waals surface area (Å²) < 4.78 is 11.1. The highest BCUT2D eigenvalue weighted by Gasteiger charge is 2.29. The standard InChI is InChI=1S/C17H23N5O3.C5H10O2/c1-4-25-17(24)11-5-14-15(20-13-9-21(3)7-10(13)2)12(16(18)23)6-19-22(14)8-11;1-5(2,3)7-4-6/h5-6,8,10,13,20H,4,7,9H2,1-3H3,(H2,18,23);4H,1-3H3. The van der Waals surface area contributed by atoms with Gasteiger partial charge in [-0.05, 0) is 46.7 Å². The molecule has 1 fully saturated rings. The molecule has 10 heteroatoms. The van der Waals surface area contributed by atoms with E-state index in [0.717, 1.165) is 13.1 Å². The molecule has 0 aromatic carbocycles. The maximum Gasteiger partial charge on any atom is 0.339 e. The molecule has 176 valence electrons. The van der Waals surface area contributed by atoms with E-state index in [9.17, 15) is 14.4 Å². The number of likely N-dealkylation sites (tertiary alicyclic amines) is 1. The van der Waals surface area contributed by atoms with Crippen LogP contribution in [0.3, 0.4) is 0 Å². The van der Waals surface area contributed by atoms with E-state index >= 15 is 0 Å². The Morgan fingerprint density at radius 1 is 1.34 bits per heavy atom. The van der Waals surface area contributed by atoms with Crippen LogP contribution in [0.2, 0.25) is 0 Å². The highest BCUT2D eigenvalue weighted by molar-refractivity contribution is 6.03. The number of carbonyl (C=O) groups excluding carboxylic acids is 3. The van der Waals surface area contributed by atoms with Gasteiger partial charge in [0.25, 0.3) is 12.4 Å². The second-order valence-electron chi connectivity index (χ2n) is 8.85. The summed E-state index contributed by atoms with van der Waals surface area (Å²) in [5, 5.41) is 7.64. The van der Waals surface area contributed by atoms with Crippen LogP contribution in [0.5, 0.6) is 0 Å². The van der Waals surface area contributed by atoms with Gasteiger partial charge in [-0.2, -0.15) is 5.10 Å². The van der Waals surface area contributed by atoms with Crippen molar-refractivity contribution in [2.45, 2.75) is 46.3 Å². The van der Waals surface area contributed by atoms with Crippen LogP contribution in [0.15, 0.2) is 18.5 Å². The van der Waals surface area contributed by atoms with E-state index in [0.29, 0.717) is 41.3 Å². The fourth-order valence-corrected chi connectivity index (χ4v) is 3.45. The van der Waals surface area contributed by atoms with Gasteiger partial charge in [0.15, 0.2) is 0 Å². The number of anilines is 1. The van der Waals surface area contributed by atoms with Crippen LogP contribution >= 0.6 is 0 Å². The lowest BCUT2D eigenvalue weighted by atomic mass is 10.1. The van der Waals surface area contributed by atoms with Crippen LogP contribution in [0, 0.1) is 5.92 Å². The normalized spacial score (nSPS) is 18.6. The Kier molecular flexibility index (Phi) is 8.20. The number of nitrogens with two attached hydrogens (primary N) is 1. The Morgan fingerprint density at radius 3 is 2.50 bits per heavy atom. The molecule has 3 heterocycles. The number of rotatable bonds is 6. The second-order valence-corrected chi connectivity index (χ2v) is 8.85. The number of carbonyl (C=O) groups is 3. The monoisotopic (exact) mass is 447 g/mol. The fourth-order valence-electron chi connectivity index (χ4n) is 3.45. The summed E-state index contributed by atoms with van der Waals surface area (Å²) in [7, 11) is 2.06. The predicted molar refractivity (Wildman–Crippen MR) is 121 cm³/mol. The minimum absolute atomic E-state index is 0.176. The Labute approximate surface area is 188 Å². The molecule has 1 aliphatic heterocycles. The molecule has 3 N–H and O–H groups in total. The molecule has 1 aliphatic rings. The molecule has 0 saturated carbocycles. The quantitative estimate of drug-likeness (QED) is 0.508. The smallest absolute Gasteiger partial charge is 0.339 e. The molecular formula is C22H33N5O5. The highest BCUT2D eigenvalue weighted by atomic mass is 16.5. The number of ether oxygens (including phenoxy) is 2. The first-order valence-electron chi connectivity index (χ1n) is 10.5. The average Bonchev–Trinajstić information content (AvgIpc) is 3.24. The van der Waals surface area contributed by atoms with Crippen molar-refractivity contribution < 1.29 is 23.9 Å². The molecule has 10 nitrogen and oxygen atoms in total. The number of primary amides is 1. The molecule has 0 bridgehead atoms. The molecule has 3 rings (SSSR count). The molecule has 0 radical (unpaired) electrons. The van der Waals surface area contributed by atoms with Crippen molar-refractivity contribution in [3.8, 4) is 0 Å². The number of hydrogen-bond acceptors (Lipinski definition) is 8. The molecule has 2 atom stereocenters. The van der Waals surface area contributed by atoms with Gasteiger partial charge in [0, 0.05) is 25.3 Å². The summed E-state index contributed by atoms with van der Waals surface area (Å²) in [5.41, 5.74) is 7.13. The molecule has 2 aromatic heterocycles. The van der Waals surface area contributed by atoms with E-state index in [2.05, 4.69) is 34.0 Å². The third-order valence-electron chi connectivity index (χ3n) is 4.94. The van der Waals surface area contributed by atoms with Gasteiger partial charge < -0.3 is 25.4 Å². The Bertz CT molecular complexity index is 966. The summed E-state index contributed by atoms with van der Waals surface area (Å²) in [5.74, 6) is -0.567. The van der Waals surface area contributed by atoms with Crippen molar-refractivity contribution in [1.29, 1.82) is 0 Å². The molecule has 1 saturated heterocycles. The number of esters is 1.